The zero-order chi connectivity index (χ0) is 55.4. The number of ether oxygens (including phenoxy) is 4. The highest BCUT2D eigenvalue weighted by Gasteiger charge is 2.28. The van der Waals surface area contributed by atoms with Gasteiger partial charge in [0.1, 0.15) is 61.5 Å². The minimum absolute atomic E-state index is 0.0525. The molecule has 4 aromatic carbocycles. The minimum Gasteiger partial charge on any atom is -0.488 e. The van der Waals surface area contributed by atoms with E-state index in [1.165, 1.54) is 6.21 Å². The van der Waals surface area contributed by atoms with Crippen LogP contribution in [0.4, 0.5) is 0 Å². The Hall–Kier alpha value is -6.92. The molecule has 0 aliphatic rings. The summed E-state index contributed by atoms with van der Waals surface area (Å²) in [7, 11) is 1.69. The van der Waals surface area contributed by atoms with Crippen LogP contribution in [0.5, 0.6) is 23.0 Å². The van der Waals surface area contributed by atoms with Crippen LogP contribution < -0.4 is 18.9 Å². The van der Waals surface area contributed by atoms with E-state index in [9.17, 15) is 30.0 Å². The van der Waals surface area contributed by atoms with Crippen molar-refractivity contribution in [3.05, 3.63) is 163 Å². The summed E-state index contributed by atoms with van der Waals surface area (Å²) in [5, 5.41) is 48.0. The van der Waals surface area contributed by atoms with Crippen molar-refractivity contribution in [3.8, 4) is 34.1 Å². The predicted octanol–water partition coefficient (Wildman–Crippen LogP) is 10.5. The van der Waals surface area contributed by atoms with Gasteiger partial charge in [-0.25, -0.2) is 0 Å². The molecule has 16 nitrogen and oxygen atoms in total. The van der Waals surface area contributed by atoms with E-state index in [1.807, 2.05) is 58.0 Å². The van der Waals surface area contributed by atoms with Gasteiger partial charge < -0.3 is 44.8 Å². The van der Waals surface area contributed by atoms with E-state index < -0.39 is 24.0 Å². The Morgan fingerprint density at radius 2 is 1.05 bits per heavy atom. The Bertz CT molecular complexity index is 2990. The van der Waals surface area contributed by atoms with Gasteiger partial charge in [0.2, 0.25) is 0 Å². The number of aliphatic hydroxyl groups excluding tert-OH is 2. The van der Waals surface area contributed by atoms with Crippen molar-refractivity contribution in [2.45, 2.75) is 105 Å². The Morgan fingerprint density at radius 1 is 0.623 bits per heavy atom. The van der Waals surface area contributed by atoms with Gasteiger partial charge in [-0.05, 0) is 110 Å². The molecule has 2 heterocycles. The van der Waals surface area contributed by atoms with Gasteiger partial charge in [-0.2, -0.15) is 0 Å². The fraction of sp³-hybridized carbons (Fsp3) is 0.356. The maximum absolute atomic E-state index is 12.4. The number of carboxylic acids is 2. The Kier molecular flexibility index (Phi) is 22.8. The van der Waals surface area contributed by atoms with Crippen LogP contribution in [0.3, 0.4) is 0 Å². The average molecular weight is 1090 g/mol. The van der Waals surface area contributed by atoms with Crippen molar-refractivity contribution in [3.63, 3.8) is 0 Å². The zero-order valence-electron chi connectivity index (χ0n) is 44.2. The van der Waals surface area contributed by atoms with E-state index in [-0.39, 0.29) is 65.6 Å². The maximum atomic E-state index is 12.4. The van der Waals surface area contributed by atoms with E-state index in [1.54, 1.807) is 78.2 Å². The van der Waals surface area contributed by atoms with E-state index in [2.05, 4.69) is 27.1 Å². The molecule has 0 aliphatic carbocycles. The molecule has 77 heavy (non-hydrogen) atoms. The van der Waals surface area contributed by atoms with Gasteiger partial charge in [0.05, 0.1) is 10.0 Å². The smallest absolute Gasteiger partial charge is 0.321 e. The SMILES string of the molecule is CCCN(Cc1cc(Cl)c(OCc2cccc(-c3cccc(COc4cc(OCc5cncc(/C=N/C)c5)c(CN(CCC)C(CCO)C(=O)O)cc4Cl)c3C)c2C)cc1OCc1cncc(C=N)c1)C(CCO)C(=O)O. The van der Waals surface area contributed by atoms with Gasteiger partial charge >= 0.3 is 11.9 Å². The monoisotopic (exact) mass is 1090 g/mol. The highest BCUT2D eigenvalue weighted by Crippen LogP contribution is 2.38. The molecule has 5 N–H and O–H groups in total. The number of nitrogens with one attached hydrogen (secondary N) is 1. The van der Waals surface area contributed by atoms with Crippen LogP contribution in [0.2, 0.25) is 10.0 Å². The Balaban J connectivity index is 1.25. The fourth-order valence-corrected chi connectivity index (χ4v) is 9.61. The van der Waals surface area contributed by atoms with Crippen LogP contribution in [-0.4, -0.2) is 110 Å². The molecule has 0 saturated heterocycles. The molecule has 0 amide bonds. The Morgan fingerprint density at radius 3 is 1.45 bits per heavy atom. The number of aliphatic carboxylic acids is 2. The van der Waals surface area contributed by atoms with Gasteiger partial charge in [-0.15, -0.1) is 0 Å². The molecule has 0 bridgehead atoms. The third kappa shape index (κ3) is 16.3. The molecular weight excluding hydrogens is 1020 g/mol. The van der Waals surface area contributed by atoms with Crippen LogP contribution >= 0.6 is 23.2 Å². The van der Waals surface area contributed by atoms with Gasteiger partial charge in [-0.3, -0.25) is 34.3 Å². The first-order valence-corrected chi connectivity index (χ1v) is 26.3. The lowest BCUT2D eigenvalue weighted by Crippen LogP contribution is -2.42. The zero-order valence-corrected chi connectivity index (χ0v) is 45.7. The summed E-state index contributed by atoms with van der Waals surface area (Å²) in [6.45, 7) is 9.33. The van der Waals surface area contributed by atoms with Crippen molar-refractivity contribution in [1.82, 2.24) is 19.8 Å². The summed E-state index contributed by atoms with van der Waals surface area (Å²) in [5.41, 5.74) is 10.0. The van der Waals surface area contributed by atoms with Crippen molar-refractivity contribution in [2.24, 2.45) is 4.99 Å². The van der Waals surface area contributed by atoms with Crippen LogP contribution in [0.25, 0.3) is 11.1 Å². The molecule has 2 unspecified atom stereocenters. The quantitative estimate of drug-likeness (QED) is 0.0256. The van der Waals surface area contributed by atoms with Gasteiger partial charge in [0.25, 0.3) is 0 Å². The van der Waals surface area contributed by atoms with E-state index in [0.717, 1.165) is 50.1 Å². The molecule has 408 valence electrons. The van der Waals surface area contributed by atoms with E-state index in [4.69, 9.17) is 47.6 Å². The summed E-state index contributed by atoms with van der Waals surface area (Å²) in [4.78, 5) is 41.0. The first kappa shape index (κ1) is 59.3. The highest BCUT2D eigenvalue weighted by molar-refractivity contribution is 6.32. The second kappa shape index (κ2) is 29.6. The van der Waals surface area contributed by atoms with Crippen molar-refractivity contribution < 1.29 is 49.0 Å². The molecule has 0 aliphatic heterocycles. The number of hydrogen-bond donors (Lipinski definition) is 5. The topological polar surface area (TPSA) is 220 Å². The molecule has 6 aromatic rings. The number of carbonyl (C=O) groups is 2. The molecule has 0 fully saturated rings. The first-order chi connectivity index (χ1) is 37.2. The van der Waals surface area contributed by atoms with Crippen LogP contribution in [-0.2, 0) is 49.1 Å². The van der Waals surface area contributed by atoms with Gasteiger partial charge in [0, 0.05) is 116 Å². The highest BCUT2D eigenvalue weighted by atomic mass is 35.5. The van der Waals surface area contributed by atoms with Crippen LogP contribution in [0, 0.1) is 19.3 Å². The standard InChI is InChI=1S/C59H68Cl2N6O10/c1-6-16-66(52(14-18-68)58(70)71)32-46-22-50(60)56(24-54(46)74-34-42-20-40(26-62)28-64-30-42)76-36-44-10-8-12-48(38(44)3)49-13-9-11-45(39(49)4)37-77-57-25-55(75-35-43-21-41(27-63-5)29-65-31-43)47(23-51(57)61)33-67(17-7-2)53(15-19-69)59(72)73/h8-13,20-31,52-53,62,68-69H,6-7,14-19,32-37H2,1-5H3,(H,70,71)(H,72,73)/b62-26?,63-27+. The molecule has 0 radical (unpaired) electrons. The number of nitrogens with zero attached hydrogens (tertiary/aromatic N) is 5. The lowest BCUT2D eigenvalue weighted by Gasteiger charge is -2.29. The normalized spacial score (nSPS) is 12.2. The Labute approximate surface area is 460 Å². The number of carboxylic acid groups (broad SMARTS) is 2. The molecule has 6 rings (SSSR count). The summed E-state index contributed by atoms with van der Waals surface area (Å²) in [6.07, 6.45) is 11.0. The number of pyridine rings is 2. The van der Waals surface area contributed by atoms with Crippen molar-refractivity contribution >= 4 is 47.6 Å². The molecule has 0 spiro atoms. The molecular formula is C59H68Cl2N6O10. The van der Waals surface area contributed by atoms with Crippen LogP contribution in [0.1, 0.15) is 95.2 Å². The van der Waals surface area contributed by atoms with E-state index >= 15 is 0 Å². The first-order valence-electron chi connectivity index (χ1n) is 25.5. The number of benzene rings is 4. The second-order valence-electron chi connectivity index (χ2n) is 18.6. The molecule has 2 atom stereocenters. The summed E-state index contributed by atoms with van der Waals surface area (Å²) < 4.78 is 25.8. The van der Waals surface area contributed by atoms with Gasteiger partial charge in [0.15, 0.2) is 0 Å². The number of aromatic nitrogens is 2. The number of hydrogen-bond acceptors (Lipinski definition) is 14. The number of rotatable bonds is 31. The molecule has 2 aromatic heterocycles. The largest absolute Gasteiger partial charge is 0.488 e. The molecule has 0 saturated carbocycles. The maximum Gasteiger partial charge on any atom is 0.321 e. The number of aliphatic imine (C=N–C) groups is 1. The fourth-order valence-electron chi connectivity index (χ4n) is 9.13. The van der Waals surface area contributed by atoms with E-state index in [0.29, 0.717) is 75.7 Å². The number of halogens is 2. The average Bonchev–Trinajstić information content (AvgIpc) is 3.41. The molecule has 18 heteroatoms. The third-order valence-electron chi connectivity index (χ3n) is 13.1. The predicted molar refractivity (Wildman–Crippen MR) is 299 cm³/mol. The van der Waals surface area contributed by atoms with Crippen LogP contribution in [0.15, 0.2) is 103 Å². The minimum atomic E-state index is -1.03. The van der Waals surface area contributed by atoms with Crippen molar-refractivity contribution in [1.29, 1.82) is 5.41 Å². The lowest BCUT2D eigenvalue weighted by atomic mass is 9.92. The third-order valence-corrected chi connectivity index (χ3v) is 13.7. The summed E-state index contributed by atoms with van der Waals surface area (Å²) in [5.74, 6) is -0.432. The summed E-state index contributed by atoms with van der Waals surface area (Å²) in [6, 6.07) is 20.9. The van der Waals surface area contributed by atoms with Gasteiger partial charge in [-0.1, -0.05) is 73.4 Å². The summed E-state index contributed by atoms with van der Waals surface area (Å²) >= 11 is 13.9. The second-order valence-corrected chi connectivity index (χ2v) is 19.4. The lowest BCUT2D eigenvalue weighted by molar-refractivity contribution is -0.145. The number of aliphatic hydroxyl groups is 2. The van der Waals surface area contributed by atoms with Crippen molar-refractivity contribution in [2.75, 3.05) is 33.4 Å².